The Morgan fingerprint density at radius 2 is 2.00 bits per heavy atom. The second-order valence-electron chi connectivity index (χ2n) is 7.71. The predicted molar refractivity (Wildman–Crippen MR) is 98.0 cm³/mol. The third-order valence-electron chi connectivity index (χ3n) is 4.43. The van der Waals surface area contributed by atoms with Crippen LogP contribution in [-0.2, 0) is 16.1 Å². The maximum Gasteiger partial charge on any atom is 0.410 e. The molecule has 1 aliphatic rings. The summed E-state index contributed by atoms with van der Waals surface area (Å²) in [6, 6.07) is 6.50. The minimum atomic E-state index is -0.561. The lowest BCUT2D eigenvalue weighted by Gasteiger charge is -2.35. The van der Waals surface area contributed by atoms with Crippen LogP contribution in [0.4, 0.5) is 9.18 Å². The maximum atomic E-state index is 13.9. The molecule has 1 fully saturated rings. The van der Waals surface area contributed by atoms with Gasteiger partial charge in [0.05, 0.1) is 5.92 Å². The third kappa shape index (κ3) is 5.44. The summed E-state index contributed by atoms with van der Waals surface area (Å²) in [6.07, 6.45) is 1.10. The van der Waals surface area contributed by atoms with Gasteiger partial charge in [-0.1, -0.05) is 18.2 Å². The van der Waals surface area contributed by atoms with Crippen LogP contribution in [0.1, 0.15) is 46.1 Å². The number of halogens is 1. The first-order valence-corrected chi connectivity index (χ1v) is 9.21. The monoisotopic (exact) mass is 364 g/mol. The highest BCUT2D eigenvalue weighted by Gasteiger charge is 2.33. The van der Waals surface area contributed by atoms with E-state index >= 15 is 0 Å². The predicted octanol–water partition coefficient (Wildman–Crippen LogP) is 3.82. The van der Waals surface area contributed by atoms with Crippen LogP contribution in [0.3, 0.4) is 0 Å². The number of likely N-dealkylation sites (tertiary alicyclic amines) is 1. The Bertz CT molecular complexity index is 642. The Labute approximate surface area is 155 Å². The lowest BCUT2D eigenvalue weighted by Crippen LogP contribution is -2.47. The van der Waals surface area contributed by atoms with Crippen LogP contribution in [0.2, 0.25) is 0 Å². The zero-order chi connectivity index (χ0) is 19.3. The fourth-order valence-electron chi connectivity index (χ4n) is 3.11. The van der Waals surface area contributed by atoms with Gasteiger partial charge in [-0.15, -0.1) is 0 Å². The molecule has 1 atom stereocenters. The Morgan fingerprint density at radius 1 is 1.31 bits per heavy atom. The summed E-state index contributed by atoms with van der Waals surface area (Å²) in [5.74, 6) is -0.621. The highest BCUT2D eigenvalue weighted by molar-refractivity contribution is 5.80. The number of ether oxygens (including phenoxy) is 1. The number of hydrogen-bond acceptors (Lipinski definition) is 3. The van der Waals surface area contributed by atoms with E-state index in [4.69, 9.17) is 4.74 Å². The Balaban J connectivity index is 2.02. The minimum Gasteiger partial charge on any atom is -0.444 e. The van der Waals surface area contributed by atoms with Crippen LogP contribution in [0.25, 0.3) is 0 Å². The average Bonchev–Trinajstić information content (AvgIpc) is 2.59. The van der Waals surface area contributed by atoms with Gasteiger partial charge in [-0.2, -0.15) is 0 Å². The molecular weight excluding hydrogens is 335 g/mol. The van der Waals surface area contributed by atoms with E-state index in [1.54, 1.807) is 28.0 Å². The number of benzene rings is 1. The van der Waals surface area contributed by atoms with Gasteiger partial charge in [0.1, 0.15) is 11.4 Å². The molecule has 0 aromatic heterocycles. The van der Waals surface area contributed by atoms with Gasteiger partial charge in [-0.25, -0.2) is 9.18 Å². The Kier molecular flexibility index (Phi) is 6.62. The van der Waals surface area contributed by atoms with Crippen LogP contribution in [0.15, 0.2) is 24.3 Å². The highest BCUT2D eigenvalue weighted by atomic mass is 19.1. The normalized spacial score (nSPS) is 17.7. The molecule has 144 valence electrons. The van der Waals surface area contributed by atoms with E-state index in [1.807, 2.05) is 27.7 Å². The van der Waals surface area contributed by atoms with Crippen LogP contribution < -0.4 is 0 Å². The summed E-state index contributed by atoms with van der Waals surface area (Å²) in [6.45, 7) is 9.04. The fourth-order valence-corrected chi connectivity index (χ4v) is 3.11. The molecule has 0 N–H and O–H groups in total. The second-order valence-corrected chi connectivity index (χ2v) is 7.71. The van der Waals surface area contributed by atoms with Crippen molar-refractivity contribution in [2.45, 2.75) is 52.7 Å². The molecule has 2 rings (SSSR count). The van der Waals surface area contributed by atoms with Gasteiger partial charge in [0.2, 0.25) is 5.91 Å². The Morgan fingerprint density at radius 3 is 2.62 bits per heavy atom. The standard InChI is InChI=1S/C20H29FN2O3/c1-5-22(13-15-9-6-7-11-17(15)21)18(24)16-10-8-12-23(14-16)19(25)26-20(2,3)4/h6-7,9,11,16H,5,8,10,12-14H2,1-4H3/t16-/m0/s1. The number of amides is 2. The zero-order valence-electron chi connectivity index (χ0n) is 16.1. The average molecular weight is 364 g/mol. The molecule has 26 heavy (non-hydrogen) atoms. The first kappa shape index (κ1) is 20.2. The zero-order valence-corrected chi connectivity index (χ0v) is 16.1. The van der Waals surface area contributed by atoms with Crippen LogP contribution in [0, 0.1) is 11.7 Å². The van der Waals surface area contributed by atoms with Crippen molar-refractivity contribution in [2.24, 2.45) is 5.92 Å². The molecule has 6 heteroatoms. The van der Waals surface area contributed by atoms with Gasteiger partial charge >= 0.3 is 6.09 Å². The Hall–Kier alpha value is -2.11. The van der Waals surface area contributed by atoms with Gasteiger partial charge in [0.15, 0.2) is 0 Å². The number of rotatable bonds is 4. The number of nitrogens with zero attached hydrogens (tertiary/aromatic N) is 2. The van der Waals surface area contributed by atoms with E-state index < -0.39 is 5.60 Å². The molecule has 1 saturated heterocycles. The van der Waals surface area contributed by atoms with E-state index in [0.29, 0.717) is 25.2 Å². The molecule has 0 radical (unpaired) electrons. The SMILES string of the molecule is CCN(Cc1ccccc1F)C(=O)[C@H]1CCCN(C(=O)OC(C)(C)C)C1. The van der Waals surface area contributed by atoms with Gasteiger partial charge in [0, 0.05) is 31.7 Å². The fraction of sp³-hybridized carbons (Fsp3) is 0.600. The van der Waals surface area contributed by atoms with Crippen molar-refractivity contribution in [3.8, 4) is 0 Å². The summed E-state index contributed by atoms with van der Waals surface area (Å²) in [5.41, 5.74) is -0.0589. The largest absolute Gasteiger partial charge is 0.444 e. The molecular formula is C20H29FN2O3. The van der Waals surface area contributed by atoms with Crippen LogP contribution in [0.5, 0.6) is 0 Å². The smallest absolute Gasteiger partial charge is 0.410 e. The van der Waals surface area contributed by atoms with Gasteiger partial charge in [0.25, 0.3) is 0 Å². The lowest BCUT2D eigenvalue weighted by molar-refractivity contribution is -0.137. The summed E-state index contributed by atoms with van der Waals surface area (Å²) in [7, 11) is 0. The number of carbonyl (C=O) groups is 2. The second kappa shape index (κ2) is 8.52. The van der Waals surface area contributed by atoms with E-state index in [9.17, 15) is 14.0 Å². The van der Waals surface area contributed by atoms with Gasteiger partial charge < -0.3 is 14.5 Å². The topological polar surface area (TPSA) is 49.9 Å². The molecule has 1 aromatic rings. The minimum absolute atomic E-state index is 0.0380. The molecule has 1 aromatic carbocycles. The molecule has 0 aliphatic carbocycles. The summed E-state index contributed by atoms with van der Waals surface area (Å²) >= 11 is 0. The summed E-state index contributed by atoms with van der Waals surface area (Å²) in [5, 5.41) is 0. The van der Waals surface area contributed by atoms with Crippen molar-refractivity contribution in [3.05, 3.63) is 35.6 Å². The van der Waals surface area contributed by atoms with Gasteiger partial charge in [-0.05, 0) is 46.6 Å². The third-order valence-corrected chi connectivity index (χ3v) is 4.43. The quantitative estimate of drug-likeness (QED) is 0.816. The summed E-state index contributed by atoms with van der Waals surface area (Å²) in [4.78, 5) is 28.5. The molecule has 1 heterocycles. The molecule has 0 spiro atoms. The first-order chi connectivity index (χ1) is 12.2. The van der Waals surface area contributed by atoms with E-state index in [0.717, 1.165) is 12.8 Å². The van der Waals surface area contributed by atoms with Crippen molar-refractivity contribution in [1.29, 1.82) is 0 Å². The number of carbonyl (C=O) groups excluding carboxylic acids is 2. The molecule has 2 amide bonds. The maximum absolute atomic E-state index is 13.9. The van der Waals surface area contributed by atoms with Gasteiger partial charge in [-0.3, -0.25) is 4.79 Å². The molecule has 0 saturated carbocycles. The van der Waals surface area contributed by atoms with Crippen molar-refractivity contribution < 1.29 is 18.7 Å². The molecule has 5 nitrogen and oxygen atoms in total. The lowest BCUT2D eigenvalue weighted by atomic mass is 9.96. The van der Waals surface area contributed by atoms with E-state index in [-0.39, 0.29) is 30.3 Å². The van der Waals surface area contributed by atoms with E-state index in [2.05, 4.69) is 0 Å². The van der Waals surface area contributed by atoms with Crippen molar-refractivity contribution in [3.63, 3.8) is 0 Å². The van der Waals surface area contributed by atoms with Crippen molar-refractivity contribution >= 4 is 12.0 Å². The molecule has 1 aliphatic heterocycles. The first-order valence-electron chi connectivity index (χ1n) is 9.21. The molecule has 0 bridgehead atoms. The van der Waals surface area contributed by atoms with Crippen molar-refractivity contribution in [1.82, 2.24) is 9.80 Å². The number of hydrogen-bond donors (Lipinski definition) is 0. The highest BCUT2D eigenvalue weighted by Crippen LogP contribution is 2.22. The van der Waals surface area contributed by atoms with Crippen LogP contribution >= 0.6 is 0 Å². The van der Waals surface area contributed by atoms with Crippen LogP contribution in [-0.4, -0.2) is 47.0 Å². The van der Waals surface area contributed by atoms with E-state index in [1.165, 1.54) is 6.07 Å². The van der Waals surface area contributed by atoms with Crippen molar-refractivity contribution in [2.75, 3.05) is 19.6 Å². The number of piperidine rings is 1. The molecule has 0 unspecified atom stereocenters. The summed E-state index contributed by atoms with van der Waals surface area (Å²) < 4.78 is 19.3.